The highest BCUT2D eigenvalue weighted by Crippen LogP contribution is 2.52. The van der Waals surface area contributed by atoms with Crippen LogP contribution in [0.5, 0.6) is 5.75 Å². The number of allylic oxidation sites excluding steroid dienone is 2. The predicted octanol–water partition coefficient (Wildman–Crippen LogP) is 1.69. The molecule has 3 atom stereocenters. The number of aliphatic hydroxyl groups is 4. The number of rotatable bonds is 2. The molecule has 0 bridgehead atoms. The van der Waals surface area contributed by atoms with Crippen LogP contribution in [0, 0.1) is 23.7 Å². The van der Waals surface area contributed by atoms with Crippen molar-refractivity contribution >= 4 is 23.2 Å². The number of benzene rings is 1. The highest BCUT2D eigenvalue weighted by molar-refractivity contribution is 6.24. The number of primary amides is 1. The number of amides is 1. The maximum absolute atomic E-state index is 13.9. The van der Waals surface area contributed by atoms with Crippen molar-refractivity contribution in [1.29, 1.82) is 0 Å². The van der Waals surface area contributed by atoms with E-state index < -0.39 is 63.4 Å². The number of anilines is 1. The fourth-order valence-electron chi connectivity index (χ4n) is 6.61. The minimum absolute atomic E-state index is 0.0606. The maximum atomic E-state index is 13.9. The Morgan fingerprint density at radius 2 is 1.74 bits per heavy atom. The predicted molar refractivity (Wildman–Crippen MR) is 140 cm³/mol. The van der Waals surface area contributed by atoms with Crippen LogP contribution in [0.3, 0.4) is 0 Å². The van der Waals surface area contributed by atoms with E-state index in [0.29, 0.717) is 24.1 Å². The summed E-state index contributed by atoms with van der Waals surface area (Å²) in [7, 11) is 3.55. The molecule has 10 nitrogen and oxygen atoms in total. The number of carbonyl (C=O) groups excluding carboxylic acids is 3. The van der Waals surface area contributed by atoms with E-state index in [1.165, 1.54) is 0 Å². The summed E-state index contributed by atoms with van der Waals surface area (Å²) in [4.78, 5) is 40.6. The number of nitrogens with zero attached hydrogens (tertiary/aromatic N) is 1. The second kappa shape index (κ2) is 9.14. The van der Waals surface area contributed by atoms with E-state index in [1.807, 2.05) is 0 Å². The minimum atomic E-state index is -2.61. The van der Waals surface area contributed by atoms with Crippen molar-refractivity contribution in [2.45, 2.75) is 62.6 Å². The molecule has 5 rings (SSSR count). The van der Waals surface area contributed by atoms with E-state index in [0.717, 1.165) is 19.3 Å². The van der Waals surface area contributed by atoms with Crippen LogP contribution in [0.4, 0.5) is 5.69 Å². The topological polar surface area (TPSA) is 182 Å². The molecule has 4 aliphatic carbocycles. The summed E-state index contributed by atoms with van der Waals surface area (Å²) in [5.41, 5.74) is 1.59. The van der Waals surface area contributed by atoms with Gasteiger partial charge in [-0.1, -0.05) is 18.3 Å². The second-order valence-electron chi connectivity index (χ2n) is 11.3. The van der Waals surface area contributed by atoms with Crippen LogP contribution in [-0.4, -0.2) is 68.3 Å². The average Bonchev–Trinajstić information content (AvgIpc) is 2.85. The quantitative estimate of drug-likeness (QED) is 0.242. The lowest BCUT2D eigenvalue weighted by molar-refractivity contribution is -0.144. The van der Waals surface area contributed by atoms with Gasteiger partial charge in [-0.05, 0) is 56.1 Å². The molecule has 1 amide bonds. The molecule has 1 aromatic rings. The fraction of sp³-hybridized carbons (Fsp3) is 0.483. The molecule has 0 radical (unpaired) electrons. The fourth-order valence-corrected chi connectivity index (χ4v) is 6.61. The number of carbonyl (C=O) groups is 3. The van der Waals surface area contributed by atoms with Gasteiger partial charge >= 0.3 is 0 Å². The Kier molecular flexibility index (Phi) is 6.28. The Balaban J connectivity index is 1.66. The van der Waals surface area contributed by atoms with E-state index in [2.05, 4.69) is 11.8 Å². The smallest absolute Gasteiger partial charge is 0.255 e. The van der Waals surface area contributed by atoms with E-state index in [9.17, 15) is 39.9 Å². The van der Waals surface area contributed by atoms with E-state index in [1.54, 1.807) is 25.1 Å². The van der Waals surface area contributed by atoms with Crippen molar-refractivity contribution in [3.05, 3.63) is 45.4 Å². The van der Waals surface area contributed by atoms with Crippen LogP contribution in [0.2, 0.25) is 0 Å². The van der Waals surface area contributed by atoms with Gasteiger partial charge in [-0.3, -0.25) is 14.4 Å². The minimum Gasteiger partial charge on any atom is -0.511 e. The van der Waals surface area contributed by atoms with Gasteiger partial charge in [-0.25, -0.2) is 0 Å². The molecule has 0 heterocycles. The largest absolute Gasteiger partial charge is 0.511 e. The number of aromatic hydroxyl groups is 1. The van der Waals surface area contributed by atoms with Gasteiger partial charge in [-0.2, -0.15) is 0 Å². The summed E-state index contributed by atoms with van der Waals surface area (Å²) in [5, 5.41) is 55.0. The van der Waals surface area contributed by atoms with E-state index in [4.69, 9.17) is 5.73 Å². The third-order valence-corrected chi connectivity index (χ3v) is 8.63. The van der Waals surface area contributed by atoms with Crippen LogP contribution in [0.1, 0.15) is 66.4 Å². The van der Waals surface area contributed by atoms with Crippen molar-refractivity contribution in [2.75, 3.05) is 19.0 Å². The average molecular weight is 537 g/mol. The van der Waals surface area contributed by atoms with Crippen molar-refractivity contribution in [3.8, 4) is 17.6 Å². The molecule has 10 heteroatoms. The Hall–Kier alpha value is -3.81. The summed E-state index contributed by atoms with van der Waals surface area (Å²) in [5.74, 6) is -1.02. The first-order valence-electron chi connectivity index (χ1n) is 13.1. The monoisotopic (exact) mass is 536 g/mol. The summed E-state index contributed by atoms with van der Waals surface area (Å²) in [6.45, 7) is 0. The first-order valence-corrected chi connectivity index (χ1v) is 13.1. The number of nitrogens with two attached hydrogens (primary N) is 1. The van der Waals surface area contributed by atoms with Crippen LogP contribution in [-0.2, 0) is 16.0 Å². The Bertz CT molecular complexity index is 1440. The third kappa shape index (κ3) is 3.99. The van der Waals surface area contributed by atoms with Crippen LogP contribution in [0.15, 0.2) is 28.7 Å². The lowest BCUT2D eigenvalue weighted by Crippen LogP contribution is -2.57. The zero-order valence-electron chi connectivity index (χ0n) is 21.9. The molecule has 1 fully saturated rings. The number of aliphatic hydroxyl groups excluding tert-OH is 2. The van der Waals surface area contributed by atoms with Gasteiger partial charge < -0.3 is 36.2 Å². The third-order valence-electron chi connectivity index (χ3n) is 8.63. The van der Waals surface area contributed by atoms with Gasteiger partial charge in [0.2, 0.25) is 5.78 Å². The molecular formula is C29H32N2O8. The molecule has 39 heavy (non-hydrogen) atoms. The number of fused-ring (bicyclic) bond motifs is 3. The molecule has 4 aliphatic rings. The molecular weight excluding hydrogens is 504 g/mol. The molecule has 1 saturated carbocycles. The van der Waals surface area contributed by atoms with Crippen molar-refractivity contribution in [2.24, 2.45) is 17.6 Å². The first-order chi connectivity index (χ1) is 18.3. The van der Waals surface area contributed by atoms with E-state index >= 15 is 0 Å². The molecule has 0 aromatic heterocycles. The molecule has 1 aromatic carbocycles. The molecule has 0 unspecified atom stereocenters. The van der Waals surface area contributed by atoms with Crippen molar-refractivity contribution < 1.29 is 39.9 Å². The standard InChI is InChI=1S/C29H32N2O8/c1-31(2)18-12-14(6-9-28(38)7-4-3-5-8-28)23(33)21-17(18)11-15-10-16-13-19(32)22(27(30)37)26(36)29(16,39)25(35)20(15)24(21)34/h12,15-16,32-33,35,38-39H,3-5,7-8,10-11,13H2,1-2H3,(H2,30,37)/t15-,16+,29+/m1/s1. The summed E-state index contributed by atoms with van der Waals surface area (Å²) in [6.07, 6.45) is 3.70. The van der Waals surface area contributed by atoms with Gasteiger partial charge in [0, 0.05) is 37.7 Å². The number of phenolic OH excluding ortho intramolecular Hbond substituents is 1. The van der Waals surface area contributed by atoms with Gasteiger partial charge in [0.25, 0.3) is 5.91 Å². The Morgan fingerprint density at radius 3 is 2.36 bits per heavy atom. The summed E-state index contributed by atoms with van der Waals surface area (Å²) < 4.78 is 0. The second-order valence-corrected chi connectivity index (χ2v) is 11.3. The Morgan fingerprint density at radius 1 is 1.08 bits per heavy atom. The summed E-state index contributed by atoms with van der Waals surface area (Å²) in [6, 6.07) is 1.66. The van der Waals surface area contributed by atoms with Gasteiger partial charge in [0.05, 0.1) is 11.1 Å². The number of ketones is 2. The van der Waals surface area contributed by atoms with Crippen LogP contribution in [0.25, 0.3) is 0 Å². The SMILES string of the molecule is CN(C)c1cc(C#CC2(O)CCCCC2)c(O)c2c1C[C@H]1C[C@H]3CC(O)=C(C(N)=O)C(=O)[C@@]3(O)C(O)=C1C2=O. The highest BCUT2D eigenvalue weighted by Gasteiger charge is 2.59. The van der Waals surface area contributed by atoms with Gasteiger partial charge in [-0.15, -0.1) is 0 Å². The molecule has 0 saturated heterocycles. The number of phenols is 1. The zero-order valence-corrected chi connectivity index (χ0v) is 21.9. The van der Waals surface area contributed by atoms with Crippen molar-refractivity contribution in [3.63, 3.8) is 0 Å². The normalized spacial score (nSPS) is 27.7. The van der Waals surface area contributed by atoms with E-state index in [-0.39, 0.29) is 36.0 Å². The van der Waals surface area contributed by atoms with Crippen LogP contribution < -0.4 is 10.6 Å². The summed E-state index contributed by atoms with van der Waals surface area (Å²) >= 11 is 0. The van der Waals surface area contributed by atoms with Crippen molar-refractivity contribution in [1.82, 2.24) is 0 Å². The first kappa shape index (κ1) is 26.8. The molecule has 7 N–H and O–H groups in total. The maximum Gasteiger partial charge on any atom is 0.255 e. The van der Waals surface area contributed by atoms with Gasteiger partial charge in [0.1, 0.15) is 28.4 Å². The lowest BCUT2D eigenvalue weighted by Gasteiger charge is -2.45. The number of hydrogen-bond donors (Lipinski definition) is 6. The van der Waals surface area contributed by atoms with Crippen LogP contribution >= 0.6 is 0 Å². The zero-order chi connectivity index (χ0) is 28.4. The number of Topliss-reactive ketones (excluding diaryl/α,β-unsaturated/α-hetero) is 2. The van der Waals surface area contributed by atoms with Gasteiger partial charge in [0.15, 0.2) is 11.4 Å². The lowest BCUT2D eigenvalue weighted by atomic mass is 9.60. The molecule has 206 valence electrons. The Labute approximate surface area is 225 Å². The molecule has 0 aliphatic heterocycles. The highest BCUT2D eigenvalue weighted by atomic mass is 16.3. The number of hydrogen-bond acceptors (Lipinski definition) is 9. The molecule has 0 spiro atoms.